The first-order valence-electron chi connectivity index (χ1n) is 9.17. The molecule has 2 amide bonds. The molecular weight excluding hydrogens is 286 g/mol. The zero-order valence-electron chi connectivity index (χ0n) is 13.6. The first-order valence-corrected chi connectivity index (χ1v) is 9.17. The summed E-state index contributed by atoms with van der Waals surface area (Å²) < 4.78 is 0. The molecule has 3 atom stereocenters. The molecule has 0 aromatic heterocycles. The van der Waals surface area contributed by atoms with Crippen LogP contribution in [-0.4, -0.2) is 22.8 Å². The maximum Gasteiger partial charge on any atom is 0.233 e. The van der Waals surface area contributed by atoms with Crippen molar-refractivity contribution in [3.63, 3.8) is 0 Å². The van der Waals surface area contributed by atoms with Crippen LogP contribution in [0.3, 0.4) is 0 Å². The van der Waals surface area contributed by atoms with E-state index in [2.05, 4.69) is 24.3 Å². The van der Waals surface area contributed by atoms with Crippen LogP contribution in [0.2, 0.25) is 0 Å². The summed E-state index contributed by atoms with van der Waals surface area (Å²) in [6.45, 7) is 0. The Morgan fingerprint density at radius 3 is 2.22 bits per heavy atom. The van der Waals surface area contributed by atoms with Gasteiger partial charge in [-0.1, -0.05) is 49.6 Å². The van der Waals surface area contributed by atoms with Gasteiger partial charge < -0.3 is 0 Å². The van der Waals surface area contributed by atoms with E-state index in [1.54, 1.807) is 4.90 Å². The van der Waals surface area contributed by atoms with Gasteiger partial charge in [-0.2, -0.15) is 0 Å². The molecule has 3 aliphatic rings. The van der Waals surface area contributed by atoms with Crippen LogP contribution in [0.1, 0.15) is 62.8 Å². The third-order valence-electron chi connectivity index (χ3n) is 6.17. The fourth-order valence-electron chi connectivity index (χ4n) is 4.93. The van der Waals surface area contributed by atoms with Crippen molar-refractivity contribution in [1.82, 2.24) is 4.90 Å². The van der Waals surface area contributed by atoms with E-state index < -0.39 is 0 Å². The molecule has 1 aliphatic heterocycles. The summed E-state index contributed by atoms with van der Waals surface area (Å²) in [7, 11) is 0. The first kappa shape index (κ1) is 14.9. The Balaban J connectivity index is 1.53. The van der Waals surface area contributed by atoms with Crippen molar-refractivity contribution >= 4 is 11.8 Å². The maximum atomic E-state index is 12.9. The molecule has 122 valence electrons. The van der Waals surface area contributed by atoms with Crippen LogP contribution in [0.4, 0.5) is 0 Å². The van der Waals surface area contributed by atoms with E-state index in [4.69, 9.17) is 0 Å². The predicted molar refractivity (Wildman–Crippen MR) is 88.7 cm³/mol. The number of nitrogens with zero attached hydrogens (tertiary/aromatic N) is 1. The molecule has 3 unspecified atom stereocenters. The van der Waals surface area contributed by atoms with Gasteiger partial charge in [0.1, 0.15) is 0 Å². The molecule has 23 heavy (non-hydrogen) atoms. The second kappa shape index (κ2) is 6.10. The van der Waals surface area contributed by atoms with E-state index in [1.165, 1.54) is 12.0 Å². The van der Waals surface area contributed by atoms with Gasteiger partial charge in [-0.05, 0) is 43.6 Å². The molecule has 0 radical (unpaired) electrons. The molecule has 1 aromatic carbocycles. The summed E-state index contributed by atoms with van der Waals surface area (Å²) in [6.07, 6.45) is 8.34. The Morgan fingerprint density at radius 1 is 0.783 bits per heavy atom. The Kier molecular flexibility index (Phi) is 3.96. The Bertz CT molecular complexity index is 591. The van der Waals surface area contributed by atoms with Crippen LogP contribution >= 0.6 is 0 Å². The number of carbonyl (C=O) groups excluding carboxylic acids is 2. The lowest BCUT2D eigenvalue weighted by molar-refractivity contribution is -0.143. The highest BCUT2D eigenvalue weighted by atomic mass is 16.2. The molecule has 0 spiro atoms. The van der Waals surface area contributed by atoms with Crippen molar-refractivity contribution in [1.29, 1.82) is 0 Å². The van der Waals surface area contributed by atoms with Crippen LogP contribution in [0.5, 0.6) is 0 Å². The number of imide groups is 1. The van der Waals surface area contributed by atoms with Crippen LogP contribution < -0.4 is 0 Å². The van der Waals surface area contributed by atoms with E-state index in [0.29, 0.717) is 5.92 Å². The molecule has 3 heteroatoms. The number of hydrogen-bond acceptors (Lipinski definition) is 2. The number of fused-ring (bicyclic) bond motifs is 1. The smallest absolute Gasteiger partial charge is 0.233 e. The van der Waals surface area contributed by atoms with Gasteiger partial charge in [0.2, 0.25) is 11.8 Å². The zero-order chi connectivity index (χ0) is 15.8. The summed E-state index contributed by atoms with van der Waals surface area (Å²) in [4.78, 5) is 27.4. The lowest BCUT2D eigenvalue weighted by atomic mass is 9.73. The Labute approximate surface area is 138 Å². The molecule has 1 heterocycles. The minimum atomic E-state index is -0.0663. The fourth-order valence-corrected chi connectivity index (χ4v) is 4.93. The predicted octanol–water partition coefficient (Wildman–Crippen LogP) is 3.89. The highest BCUT2D eigenvalue weighted by Crippen LogP contribution is 2.45. The number of carbonyl (C=O) groups is 2. The van der Waals surface area contributed by atoms with E-state index in [-0.39, 0.29) is 29.7 Å². The monoisotopic (exact) mass is 311 g/mol. The summed E-state index contributed by atoms with van der Waals surface area (Å²) in [5.41, 5.74) is 1.32. The first-order chi connectivity index (χ1) is 11.3. The van der Waals surface area contributed by atoms with E-state index in [0.717, 1.165) is 44.9 Å². The largest absolute Gasteiger partial charge is 0.279 e. The van der Waals surface area contributed by atoms with Crippen molar-refractivity contribution < 1.29 is 9.59 Å². The lowest BCUT2D eigenvalue weighted by Gasteiger charge is -2.30. The number of benzene rings is 1. The number of likely N-dealkylation sites (tertiary alicyclic amines) is 1. The highest BCUT2D eigenvalue weighted by Gasteiger charge is 2.52. The van der Waals surface area contributed by atoms with Crippen molar-refractivity contribution in [2.24, 2.45) is 11.8 Å². The van der Waals surface area contributed by atoms with Crippen molar-refractivity contribution in [3.8, 4) is 0 Å². The molecular formula is C20H25NO2. The summed E-state index contributed by atoms with van der Waals surface area (Å²) in [6, 6.07) is 10.7. The molecule has 3 nitrogen and oxygen atoms in total. The third-order valence-corrected chi connectivity index (χ3v) is 6.17. The summed E-state index contributed by atoms with van der Waals surface area (Å²) in [5, 5.41) is 0. The number of rotatable bonds is 2. The summed E-state index contributed by atoms with van der Waals surface area (Å²) >= 11 is 0. The standard InChI is InChI=1S/C20H25NO2/c22-19-17-12-11-15(14-7-3-1-4-8-14)13-18(17)20(23)21(19)16-9-5-2-6-10-16/h1,3-4,7-8,15-18H,2,5-6,9-13H2. The van der Waals surface area contributed by atoms with E-state index >= 15 is 0 Å². The normalized spacial score (nSPS) is 32.2. The lowest BCUT2D eigenvalue weighted by Crippen LogP contribution is -2.41. The molecule has 2 aliphatic carbocycles. The minimum Gasteiger partial charge on any atom is -0.279 e. The maximum absolute atomic E-state index is 12.9. The van der Waals surface area contributed by atoms with Gasteiger partial charge in [0.15, 0.2) is 0 Å². The zero-order valence-corrected chi connectivity index (χ0v) is 13.6. The van der Waals surface area contributed by atoms with Gasteiger partial charge in [-0.25, -0.2) is 0 Å². The van der Waals surface area contributed by atoms with E-state index in [1.807, 2.05) is 6.07 Å². The average molecular weight is 311 g/mol. The second-order valence-corrected chi connectivity index (χ2v) is 7.47. The van der Waals surface area contributed by atoms with Crippen molar-refractivity contribution in [3.05, 3.63) is 35.9 Å². The summed E-state index contributed by atoms with van der Waals surface area (Å²) in [5.74, 6) is 0.597. The van der Waals surface area contributed by atoms with E-state index in [9.17, 15) is 9.59 Å². The van der Waals surface area contributed by atoms with Crippen LogP contribution in [0.15, 0.2) is 30.3 Å². The van der Waals surface area contributed by atoms with Gasteiger partial charge >= 0.3 is 0 Å². The van der Waals surface area contributed by atoms with Gasteiger partial charge in [-0.15, -0.1) is 0 Å². The van der Waals surface area contributed by atoms with Gasteiger partial charge in [0, 0.05) is 6.04 Å². The van der Waals surface area contributed by atoms with Crippen LogP contribution in [0.25, 0.3) is 0 Å². The SMILES string of the molecule is O=C1C2CCC(c3ccccc3)CC2C(=O)N1C1CCCCC1. The molecule has 2 saturated carbocycles. The topological polar surface area (TPSA) is 37.4 Å². The van der Waals surface area contributed by atoms with Crippen molar-refractivity contribution in [2.75, 3.05) is 0 Å². The third kappa shape index (κ3) is 2.60. The fraction of sp³-hybridized carbons (Fsp3) is 0.600. The molecule has 1 aromatic rings. The van der Waals surface area contributed by atoms with Crippen LogP contribution in [0, 0.1) is 11.8 Å². The second-order valence-electron chi connectivity index (χ2n) is 7.47. The van der Waals surface area contributed by atoms with Gasteiger partial charge in [-0.3, -0.25) is 14.5 Å². The van der Waals surface area contributed by atoms with Crippen LogP contribution in [-0.2, 0) is 9.59 Å². The minimum absolute atomic E-state index is 0.0376. The van der Waals surface area contributed by atoms with Crippen molar-refractivity contribution in [2.45, 2.75) is 63.3 Å². The quantitative estimate of drug-likeness (QED) is 0.777. The average Bonchev–Trinajstić information content (AvgIpc) is 2.87. The van der Waals surface area contributed by atoms with Gasteiger partial charge in [0.25, 0.3) is 0 Å². The molecule has 0 N–H and O–H groups in total. The number of amides is 2. The molecule has 0 bridgehead atoms. The Morgan fingerprint density at radius 2 is 1.48 bits per heavy atom. The molecule has 3 fully saturated rings. The molecule has 1 saturated heterocycles. The molecule has 4 rings (SSSR count). The Hall–Kier alpha value is -1.64. The number of hydrogen-bond donors (Lipinski definition) is 0. The van der Waals surface area contributed by atoms with Gasteiger partial charge in [0.05, 0.1) is 11.8 Å². The highest BCUT2D eigenvalue weighted by molar-refractivity contribution is 6.05.